The number of amides is 2. The normalized spacial score (nSPS) is 14.6. The van der Waals surface area contributed by atoms with Crippen LogP contribution in [0.4, 0.5) is 0 Å². The van der Waals surface area contributed by atoms with Gasteiger partial charge in [-0.05, 0) is 37.3 Å². The molecule has 2 aromatic carbocycles. The largest absolute Gasteiger partial charge is 0.455 e. The number of benzene rings is 2. The van der Waals surface area contributed by atoms with Crippen molar-refractivity contribution in [3.05, 3.63) is 97.1 Å². The first kappa shape index (κ1) is 31.5. The summed E-state index contributed by atoms with van der Waals surface area (Å²) in [5.74, 6) is -3.10. The molecule has 0 spiro atoms. The van der Waals surface area contributed by atoms with E-state index < -0.39 is 47.8 Å². The molecule has 210 valence electrons. The third-order valence-electron chi connectivity index (χ3n) is 6.22. The van der Waals surface area contributed by atoms with Crippen LogP contribution in [-0.4, -0.2) is 55.3 Å². The van der Waals surface area contributed by atoms with E-state index in [1.165, 1.54) is 13.2 Å². The molecular formula is C31H40N2O6. The number of ether oxygens (including phenoxy) is 2. The maximum atomic E-state index is 13.5. The Kier molecular flexibility index (Phi) is 13.7. The van der Waals surface area contributed by atoms with Crippen molar-refractivity contribution < 1.29 is 29.0 Å². The number of nitrogens with one attached hydrogen (secondary N) is 2. The highest BCUT2D eigenvalue weighted by atomic mass is 16.5. The van der Waals surface area contributed by atoms with E-state index >= 15 is 0 Å². The van der Waals surface area contributed by atoms with Crippen molar-refractivity contribution in [3.8, 4) is 0 Å². The molecule has 0 radical (unpaired) electrons. The van der Waals surface area contributed by atoms with E-state index in [9.17, 15) is 19.5 Å². The van der Waals surface area contributed by atoms with Crippen molar-refractivity contribution in [2.75, 3.05) is 20.3 Å². The number of hydrogen-bond acceptors (Lipinski definition) is 6. The van der Waals surface area contributed by atoms with Crippen molar-refractivity contribution in [2.45, 2.75) is 44.4 Å². The molecule has 0 saturated heterocycles. The van der Waals surface area contributed by atoms with Gasteiger partial charge < -0.3 is 25.2 Å². The number of esters is 1. The highest BCUT2D eigenvalue weighted by molar-refractivity contribution is 6.00. The van der Waals surface area contributed by atoms with Crippen molar-refractivity contribution in [1.29, 1.82) is 0 Å². The van der Waals surface area contributed by atoms with E-state index in [-0.39, 0.29) is 19.6 Å². The maximum Gasteiger partial charge on any atom is 0.310 e. The Bertz CT molecular complexity index is 1060. The summed E-state index contributed by atoms with van der Waals surface area (Å²) in [5.41, 5.74) is 1.67. The summed E-state index contributed by atoms with van der Waals surface area (Å²) < 4.78 is 11.5. The zero-order valence-corrected chi connectivity index (χ0v) is 22.8. The zero-order valence-electron chi connectivity index (χ0n) is 22.8. The molecule has 5 atom stereocenters. The Balaban J connectivity index is 2.33. The summed E-state index contributed by atoms with van der Waals surface area (Å²) >= 11 is 0. The van der Waals surface area contributed by atoms with E-state index in [0.29, 0.717) is 18.4 Å². The van der Waals surface area contributed by atoms with Crippen LogP contribution in [0, 0.1) is 11.8 Å². The second-order valence-electron chi connectivity index (χ2n) is 9.42. The Morgan fingerprint density at radius 3 is 2.08 bits per heavy atom. The molecule has 0 fully saturated rings. The van der Waals surface area contributed by atoms with Gasteiger partial charge in [0.2, 0.25) is 11.8 Å². The van der Waals surface area contributed by atoms with Crippen LogP contribution in [0.25, 0.3) is 0 Å². The van der Waals surface area contributed by atoms with Gasteiger partial charge in [-0.3, -0.25) is 14.4 Å². The second-order valence-corrected chi connectivity index (χ2v) is 9.42. The van der Waals surface area contributed by atoms with Gasteiger partial charge in [-0.15, -0.1) is 13.2 Å². The van der Waals surface area contributed by atoms with Gasteiger partial charge in [-0.25, -0.2) is 0 Å². The van der Waals surface area contributed by atoms with Gasteiger partial charge >= 0.3 is 5.97 Å². The van der Waals surface area contributed by atoms with E-state index in [1.807, 2.05) is 60.7 Å². The van der Waals surface area contributed by atoms with E-state index in [4.69, 9.17) is 9.47 Å². The lowest BCUT2D eigenvalue weighted by atomic mass is 9.95. The number of rotatable bonds is 17. The van der Waals surface area contributed by atoms with Crippen molar-refractivity contribution in [2.24, 2.45) is 11.8 Å². The van der Waals surface area contributed by atoms with Gasteiger partial charge in [0, 0.05) is 13.2 Å². The van der Waals surface area contributed by atoms with Crippen LogP contribution < -0.4 is 10.6 Å². The summed E-state index contributed by atoms with van der Waals surface area (Å²) in [6, 6.07) is 17.4. The van der Waals surface area contributed by atoms with Gasteiger partial charge in [0.25, 0.3) is 0 Å². The van der Waals surface area contributed by atoms with E-state index in [0.717, 1.165) is 5.56 Å². The zero-order chi connectivity index (χ0) is 28.6. The van der Waals surface area contributed by atoms with Crippen LogP contribution in [0.15, 0.2) is 86.0 Å². The summed E-state index contributed by atoms with van der Waals surface area (Å²) in [7, 11) is 1.48. The number of allylic oxidation sites excluding steroid dienone is 2. The Hall–Kier alpha value is -3.75. The molecule has 2 rings (SSSR count). The minimum absolute atomic E-state index is 0.0266. The minimum Gasteiger partial charge on any atom is -0.455 e. The van der Waals surface area contributed by atoms with E-state index in [2.05, 4.69) is 23.8 Å². The number of aliphatic hydroxyl groups is 1. The molecule has 2 amide bonds. The monoisotopic (exact) mass is 536 g/mol. The highest BCUT2D eigenvalue weighted by Gasteiger charge is 2.34. The predicted octanol–water partition coefficient (Wildman–Crippen LogP) is 3.53. The van der Waals surface area contributed by atoms with Gasteiger partial charge in [0.1, 0.15) is 12.0 Å². The summed E-state index contributed by atoms with van der Waals surface area (Å²) in [6.45, 7) is 8.86. The third kappa shape index (κ3) is 10.1. The standard InChI is InChI=1S/C31H40N2O6/c1-5-13-25(19-23-15-9-7-10-16-23)31(37)39-28(24-17-11-8-12-18-24)27(21-38-4)33-30(36)26(14-6-2)29(35)32-22(3)20-34/h5-12,15-18,22,25-28,34H,1-2,13-14,19-21H2,3-4H3,(H,32,35)(H,33,36)/t22-,25+,26?,27+,28+/m1/s1. The SMILES string of the molecule is C=CCC(C(=O)N[C@H](C)CO)C(=O)N[C@@H](COC)[C@@H](OC(=O)[C@@H](CC=C)Cc1ccccc1)c1ccccc1. The molecule has 0 aliphatic rings. The maximum absolute atomic E-state index is 13.5. The van der Waals surface area contributed by atoms with Gasteiger partial charge in [-0.1, -0.05) is 72.8 Å². The van der Waals surface area contributed by atoms with Crippen LogP contribution in [0.3, 0.4) is 0 Å². The molecule has 0 heterocycles. The van der Waals surface area contributed by atoms with Crippen LogP contribution in [0.1, 0.15) is 37.0 Å². The Morgan fingerprint density at radius 2 is 1.51 bits per heavy atom. The second kappa shape index (κ2) is 17.0. The molecule has 1 unspecified atom stereocenters. The quantitative estimate of drug-likeness (QED) is 0.162. The molecule has 39 heavy (non-hydrogen) atoms. The summed E-state index contributed by atoms with van der Waals surface area (Å²) in [4.78, 5) is 39.6. The van der Waals surface area contributed by atoms with Crippen molar-refractivity contribution in [1.82, 2.24) is 10.6 Å². The van der Waals surface area contributed by atoms with Gasteiger partial charge in [0.15, 0.2) is 0 Å². The molecule has 0 saturated carbocycles. The number of aliphatic hydroxyl groups excluding tert-OH is 1. The van der Waals surface area contributed by atoms with Crippen LogP contribution in [-0.2, 0) is 30.3 Å². The average Bonchev–Trinajstić information content (AvgIpc) is 2.94. The van der Waals surface area contributed by atoms with Gasteiger partial charge in [0.05, 0.1) is 25.2 Å². The molecule has 8 heteroatoms. The fourth-order valence-corrected chi connectivity index (χ4v) is 4.17. The fourth-order valence-electron chi connectivity index (χ4n) is 4.17. The third-order valence-corrected chi connectivity index (χ3v) is 6.22. The highest BCUT2D eigenvalue weighted by Crippen LogP contribution is 2.26. The first-order valence-electron chi connectivity index (χ1n) is 13.1. The molecule has 8 nitrogen and oxygen atoms in total. The lowest BCUT2D eigenvalue weighted by Gasteiger charge is -2.30. The molecule has 3 N–H and O–H groups in total. The molecule has 0 aliphatic carbocycles. The van der Waals surface area contributed by atoms with Gasteiger partial charge in [-0.2, -0.15) is 0 Å². The Labute approximate surface area is 231 Å². The summed E-state index contributed by atoms with van der Waals surface area (Å²) in [5, 5.41) is 14.8. The molecule has 0 aromatic heterocycles. The first-order chi connectivity index (χ1) is 18.8. The van der Waals surface area contributed by atoms with E-state index in [1.54, 1.807) is 13.0 Å². The topological polar surface area (TPSA) is 114 Å². The number of methoxy groups -OCH3 is 1. The average molecular weight is 537 g/mol. The number of hydrogen-bond donors (Lipinski definition) is 3. The number of carbonyl (C=O) groups is 3. The number of carbonyl (C=O) groups excluding carboxylic acids is 3. The lowest BCUT2D eigenvalue weighted by molar-refractivity contribution is -0.158. The van der Waals surface area contributed by atoms with Crippen LogP contribution in [0.2, 0.25) is 0 Å². The van der Waals surface area contributed by atoms with Crippen LogP contribution in [0.5, 0.6) is 0 Å². The fraction of sp³-hybridized carbons (Fsp3) is 0.387. The summed E-state index contributed by atoms with van der Waals surface area (Å²) in [6.07, 6.45) is 3.27. The van der Waals surface area contributed by atoms with Crippen LogP contribution >= 0.6 is 0 Å². The minimum atomic E-state index is -1.09. The molecular weight excluding hydrogens is 496 g/mol. The lowest BCUT2D eigenvalue weighted by Crippen LogP contribution is -2.50. The first-order valence-corrected chi connectivity index (χ1v) is 13.1. The Morgan fingerprint density at radius 1 is 0.923 bits per heavy atom. The molecule has 2 aromatic rings. The smallest absolute Gasteiger partial charge is 0.310 e. The van der Waals surface area contributed by atoms with Crippen molar-refractivity contribution >= 4 is 17.8 Å². The molecule has 0 aliphatic heterocycles. The van der Waals surface area contributed by atoms with Crippen molar-refractivity contribution in [3.63, 3.8) is 0 Å². The predicted molar refractivity (Wildman–Crippen MR) is 151 cm³/mol. The molecule has 0 bridgehead atoms.